The SMILES string of the molecule is COc1ccc(C(CO)C(=O)C(C)C)cc1. The topological polar surface area (TPSA) is 46.5 Å². The van der Waals surface area contributed by atoms with Crippen LogP contribution in [0.1, 0.15) is 25.3 Å². The highest BCUT2D eigenvalue weighted by Crippen LogP contribution is 2.22. The Bertz CT molecular complexity index is 341. The molecule has 88 valence electrons. The molecule has 0 spiro atoms. The Morgan fingerprint density at radius 3 is 2.25 bits per heavy atom. The smallest absolute Gasteiger partial charge is 0.145 e. The van der Waals surface area contributed by atoms with Crippen LogP contribution in [-0.4, -0.2) is 24.6 Å². The largest absolute Gasteiger partial charge is 0.497 e. The predicted octanol–water partition coefficient (Wildman–Crippen LogP) is 2.00. The molecular formula is C13H18O3. The van der Waals surface area contributed by atoms with Gasteiger partial charge in [0.05, 0.1) is 19.6 Å². The van der Waals surface area contributed by atoms with Gasteiger partial charge in [0.15, 0.2) is 0 Å². The maximum Gasteiger partial charge on any atom is 0.145 e. The van der Waals surface area contributed by atoms with E-state index in [4.69, 9.17) is 4.74 Å². The third-order valence-electron chi connectivity index (χ3n) is 2.61. The van der Waals surface area contributed by atoms with Gasteiger partial charge in [-0.15, -0.1) is 0 Å². The first-order valence-corrected chi connectivity index (χ1v) is 5.38. The van der Waals surface area contributed by atoms with Gasteiger partial charge >= 0.3 is 0 Å². The Labute approximate surface area is 96.1 Å². The van der Waals surface area contributed by atoms with Gasteiger partial charge in [0.2, 0.25) is 0 Å². The zero-order chi connectivity index (χ0) is 12.1. The molecule has 0 aliphatic carbocycles. The maximum absolute atomic E-state index is 11.8. The number of ketones is 1. The van der Waals surface area contributed by atoms with Gasteiger partial charge in [-0.3, -0.25) is 4.79 Å². The standard InChI is InChI=1S/C13H18O3/c1-9(2)13(15)12(8-14)10-4-6-11(16-3)7-5-10/h4-7,9,12,14H,8H2,1-3H3. The first-order valence-electron chi connectivity index (χ1n) is 5.38. The number of aliphatic hydroxyl groups excluding tert-OH is 1. The number of rotatable bonds is 5. The summed E-state index contributed by atoms with van der Waals surface area (Å²) in [6.45, 7) is 3.53. The summed E-state index contributed by atoms with van der Waals surface area (Å²) in [5.41, 5.74) is 0.835. The quantitative estimate of drug-likeness (QED) is 0.828. The number of methoxy groups -OCH3 is 1. The Hall–Kier alpha value is -1.35. The van der Waals surface area contributed by atoms with E-state index in [0.717, 1.165) is 11.3 Å². The second kappa shape index (κ2) is 5.66. The fourth-order valence-corrected chi connectivity index (χ4v) is 1.60. The van der Waals surface area contributed by atoms with E-state index in [0.29, 0.717) is 0 Å². The number of carbonyl (C=O) groups excluding carboxylic acids is 1. The average molecular weight is 222 g/mol. The van der Waals surface area contributed by atoms with E-state index in [1.165, 1.54) is 0 Å². The highest BCUT2D eigenvalue weighted by Gasteiger charge is 2.21. The fraction of sp³-hybridized carbons (Fsp3) is 0.462. The van der Waals surface area contributed by atoms with E-state index < -0.39 is 5.92 Å². The second-order valence-corrected chi connectivity index (χ2v) is 4.07. The molecule has 1 aromatic rings. The van der Waals surface area contributed by atoms with E-state index in [9.17, 15) is 9.90 Å². The van der Waals surface area contributed by atoms with Crippen molar-refractivity contribution < 1.29 is 14.6 Å². The molecule has 0 aromatic heterocycles. The number of Topliss-reactive ketones (excluding diaryl/α,β-unsaturated/α-hetero) is 1. The number of hydrogen-bond donors (Lipinski definition) is 1. The third kappa shape index (κ3) is 2.83. The Morgan fingerprint density at radius 1 is 1.31 bits per heavy atom. The third-order valence-corrected chi connectivity index (χ3v) is 2.61. The highest BCUT2D eigenvalue weighted by molar-refractivity contribution is 5.87. The summed E-state index contributed by atoms with van der Waals surface area (Å²) in [4.78, 5) is 11.8. The zero-order valence-corrected chi connectivity index (χ0v) is 9.93. The van der Waals surface area contributed by atoms with Gasteiger partial charge in [-0.05, 0) is 17.7 Å². The molecule has 0 heterocycles. The van der Waals surface area contributed by atoms with E-state index in [-0.39, 0.29) is 18.3 Å². The molecular weight excluding hydrogens is 204 g/mol. The molecule has 0 saturated heterocycles. The van der Waals surface area contributed by atoms with Gasteiger partial charge in [-0.2, -0.15) is 0 Å². The average Bonchev–Trinajstić information content (AvgIpc) is 2.30. The molecule has 0 amide bonds. The van der Waals surface area contributed by atoms with Crippen molar-refractivity contribution in [1.82, 2.24) is 0 Å². The molecule has 0 aliphatic rings. The zero-order valence-electron chi connectivity index (χ0n) is 9.93. The van der Waals surface area contributed by atoms with Crippen LogP contribution in [0.2, 0.25) is 0 Å². The molecule has 1 rings (SSSR count). The maximum atomic E-state index is 11.8. The summed E-state index contributed by atoms with van der Waals surface area (Å²) >= 11 is 0. The van der Waals surface area contributed by atoms with E-state index >= 15 is 0 Å². The number of carbonyl (C=O) groups is 1. The van der Waals surface area contributed by atoms with Gasteiger partial charge in [-0.1, -0.05) is 26.0 Å². The number of ether oxygens (including phenoxy) is 1. The van der Waals surface area contributed by atoms with Crippen molar-refractivity contribution in [1.29, 1.82) is 0 Å². The summed E-state index contributed by atoms with van der Waals surface area (Å²) in [5, 5.41) is 9.27. The van der Waals surface area contributed by atoms with Crippen molar-refractivity contribution in [2.45, 2.75) is 19.8 Å². The molecule has 1 atom stereocenters. The Morgan fingerprint density at radius 2 is 1.88 bits per heavy atom. The van der Waals surface area contributed by atoms with E-state index in [2.05, 4.69) is 0 Å². The second-order valence-electron chi connectivity index (χ2n) is 4.07. The summed E-state index contributed by atoms with van der Waals surface area (Å²) in [7, 11) is 1.60. The molecule has 1 unspecified atom stereocenters. The Kier molecular flexibility index (Phi) is 4.50. The summed E-state index contributed by atoms with van der Waals surface area (Å²) in [6.07, 6.45) is 0. The lowest BCUT2D eigenvalue weighted by molar-refractivity contribution is -0.124. The summed E-state index contributed by atoms with van der Waals surface area (Å²) in [5.74, 6) is 0.315. The lowest BCUT2D eigenvalue weighted by atomic mass is 9.89. The van der Waals surface area contributed by atoms with Crippen LogP contribution in [0.15, 0.2) is 24.3 Å². The highest BCUT2D eigenvalue weighted by atomic mass is 16.5. The van der Waals surface area contributed by atoms with Crippen molar-refractivity contribution in [3.05, 3.63) is 29.8 Å². The van der Waals surface area contributed by atoms with Crippen LogP contribution in [0.5, 0.6) is 5.75 Å². The molecule has 0 bridgehead atoms. The van der Waals surface area contributed by atoms with Crippen LogP contribution in [0.4, 0.5) is 0 Å². The van der Waals surface area contributed by atoms with Crippen LogP contribution in [0.25, 0.3) is 0 Å². The molecule has 1 aromatic carbocycles. The minimum atomic E-state index is -0.425. The molecule has 0 saturated carbocycles. The number of hydrogen-bond acceptors (Lipinski definition) is 3. The molecule has 3 nitrogen and oxygen atoms in total. The fourth-order valence-electron chi connectivity index (χ4n) is 1.60. The summed E-state index contributed by atoms with van der Waals surface area (Å²) < 4.78 is 5.04. The molecule has 1 N–H and O–H groups in total. The normalized spacial score (nSPS) is 12.6. The molecule has 16 heavy (non-hydrogen) atoms. The van der Waals surface area contributed by atoms with Gasteiger partial charge in [0.25, 0.3) is 0 Å². The molecule has 0 radical (unpaired) electrons. The molecule has 0 aliphatic heterocycles. The van der Waals surface area contributed by atoms with Crippen molar-refractivity contribution in [2.75, 3.05) is 13.7 Å². The lowest BCUT2D eigenvalue weighted by Crippen LogP contribution is -2.21. The molecule has 3 heteroatoms. The minimum absolute atomic E-state index is 0.0627. The van der Waals surface area contributed by atoms with Gasteiger partial charge in [0, 0.05) is 5.92 Å². The van der Waals surface area contributed by atoms with Crippen LogP contribution in [0, 0.1) is 5.92 Å². The monoisotopic (exact) mass is 222 g/mol. The first-order chi connectivity index (χ1) is 7.60. The van der Waals surface area contributed by atoms with Crippen molar-refractivity contribution >= 4 is 5.78 Å². The van der Waals surface area contributed by atoms with Crippen molar-refractivity contribution in [3.63, 3.8) is 0 Å². The van der Waals surface area contributed by atoms with Crippen LogP contribution >= 0.6 is 0 Å². The lowest BCUT2D eigenvalue weighted by Gasteiger charge is -2.16. The number of benzene rings is 1. The van der Waals surface area contributed by atoms with E-state index in [1.54, 1.807) is 19.2 Å². The summed E-state index contributed by atoms with van der Waals surface area (Å²) in [6, 6.07) is 7.23. The van der Waals surface area contributed by atoms with Crippen molar-refractivity contribution in [3.8, 4) is 5.75 Å². The predicted molar refractivity (Wildman–Crippen MR) is 62.7 cm³/mol. The van der Waals surface area contributed by atoms with Crippen molar-refractivity contribution in [2.24, 2.45) is 5.92 Å². The van der Waals surface area contributed by atoms with Crippen LogP contribution in [0.3, 0.4) is 0 Å². The van der Waals surface area contributed by atoms with Gasteiger partial charge in [0.1, 0.15) is 11.5 Å². The first kappa shape index (κ1) is 12.7. The van der Waals surface area contributed by atoms with Crippen LogP contribution in [-0.2, 0) is 4.79 Å². The molecule has 0 fully saturated rings. The van der Waals surface area contributed by atoms with E-state index in [1.807, 2.05) is 26.0 Å². The van der Waals surface area contributed by atoms with Crippen LogP contribution < -0.4 is 4.74 Å². The number of aliphatic hydroxyl groups is 1. The Balaban J connectivity index is 2.91. The minimum Gasteiger partial charge on any atom is -0.497 e. The van der Waals surface area contributed by atoms with Gasteiger partial charge < -0.3 is 9.84 Å². The van der Waals surface area contributed by atoms with Gasteiger partial charge in [-0.25, -0.2) is 0 Å².